The Morgan fingerprint density at radius 1 is 1.36 bits per heavy atom. The van der Waals surface area contributed by atoms with Crippen LogP contribution in [0.4, 0.5) is 4.79 Å². The zero-order valence-electron chi connectivity index (χ0n) is 12.7. The van der Waals surface area contributed by atoms with E-state index < -0.39 is 16.1 Å². The number of carbonyl (C=O) groups is 1. The second-order valence-electron chi connectivity index (χ2n) is 5.58. The average Bonchev–Trinajstić information content (AvgIpc) is 2.79. The van der Waals surface area contributed by atoms with Gasteiger partial charge in [0.2, 0.25) is 10.0 Å². The van der Waals surface area contributed by atoms with E-state index in [1.165, 1.54) is 6.42 Å². The number of hydrogen-bond acceptors (Lipinski definition) is 4. The number of urea groups is 1. The molecule has 3 N–H and O–H groups in total. The third kappa shape index (κ3) is 5.34. The summed E-state index contributed by atoms with van der Waals surface area (Å²) in [5.74, 6) is 1.12. The standard InChI is InChI=1S/C14H23N3O4S/c1-11-13(5-7-21-11)10-16-14(18)15-6-8-22(19,20)17-9-12-3-2-4-12/h5,7,12,17H,2-4,6,8-10H2,1H3,(H2,15,16,18). The Balaban J connectivity index is 1.60. The molecule has 0 aromatic carbocycles. The minimum Gasteiger partial charge on any atom is -0.469 e. The van der Waals surface area contributed by atoms with E-state index in [0.717, 1.165) is 24.2 Å². The van der Waals surface area contributed by atoms with Crippen molar-refractivity contribution >= 4 is 16.1 Å². The van der Waals surface area contributed by atoms with E-state index in [1.54, 1.807) is 12.3 Å². The number of amides is 2. The summed E-state index contributed by atoms with van der Waals surface area (Å²) in [5.41, 5.74) is 0.893. The fourth-order valence-corrected chi connectivity index (χ4v) is 3.15. The number of hydrogen-bond donors (Lipinski definition) is 3. The van der Waals surface area contributed by atoms with Gasteiger partial charge in [0.15, 0.2) is 0 Å². The zero-order chi connectivity index (χ0) is 16.0. The lowest BCUT2D eigenvalue weighted by atomic mass is 9.86. The van der Waals surface area contributed by atoms with Crippen LogP contribution in [0.5, 0.6) is 0 Å². The minimum absolute atomic E-state index is 0.0796. The largest absolute Gasteiger partial charge is 0.469 e. The van der Waals surface area contributed by atoms with Crippen molar-refractivity contribution in [3.05, 3.63) is 23.7 Å². The first-order chi connectivity index (χ1) is 10.5. The van der Waals surface area contributed by atoms with Gasteiger partial charge in [0, 0.05) is 25.2 Å². The minimum atomic E-state index is -3.32. The summed E-state index contributed by atoms with van der Waals surface area (Å²) in [6.45, 7) is 2.75. The summed E-state index contributed by atoms with van der Waals surface area (Å²) in [7, 11) is -3.32. The second kappa shape index (κ2) is 7.64. The molecule has 0 atom stereocenters. The molecule has 8 heteroatoms. The lowest BCUT2D eigenvalue weighted by Crippen LogP contribution is -2.40. The van der Waals surface area contributed by atoms with E-state index in [1.807, 2.05) is 6.92 Å². The van der Waals surface area contributed by atoms with Gasteiger partial charge in [0.05, 0.1) is 12.0 Å². The van der Waals surface area contributed by atoms with Crippen LogP contribution in [0.1, 0.15) is 30.6 Å². The molecule has 0 saturated heterocycles. The predicted molar refractivity (Wildman–Crippen MR) is 82.8 cm³/mol. The maximum absolute atomic E-state index is 11.8. The summed E-state index contributed by atoms with van der Waals surface area (Å²) in [6.07, 6.45) is 4.93. The first-order valence-corrected chi connectivity index (χ1v) is 9.13. The van der Waals surface area contributed by atoms with Gasteiger partial charge >= 0.3 is 6.03 Å². The van der Waals surface area contributed by atoms with Crippen LogP contribution in [0.2, 0.25) is 0 Å². The van der Waals surface area contributed by atoms with Crippen molar-refractivity contribution in [3.8, 4) is 0 Å². The van der Waals surface area contributed by atoms with Crippen LogP contribution in [0.25, 0.3) is 0 Å². The first-order valence-electron chi connectivity index (χ1n) is 7.48. The Hall–Kier alpha value is -1.54. The van der Waals surface area contributed by atoms with Gasteiger partial charge in [-0.15, -0.1) is 0 Å². The fourth-order valence-electron chi connectivity index (χ4n) is 2.15. The second-order valence-corrected chi connectivity index (χ2v) is 7.50. The van der Waals surface area contributed by atoms with Crippen LogP contribution in [-0.4, -0.2) is 33.3 Å². The van der Waals surface area contributed by atoms with Crippen molar-refractivity contribution in [2.75, 3.05) is 18.8 Å². The molecule has 0 spiro atoms. The van der Waals surface area contributed by atoms with Crippen molar-refractivity contribution in [3.63, 3.8) is 0 Å². The molecule has 1 fully saturated rings. The Morgan fingerprint density at radius 3 is 2.73 bits per heavy atom. The maximum atomic E-state index is 11.8. The Labute approximate surface area is 130 Å². The molecule has 1 aromatic heterocycles. The summed E-state index contributed by atoms with van der Waals surface area (Å²) >= 11 is 0. The van der Waals surface area contributed by atoms with Crippen molar-refractivity contribution < 1.29 is 17.6 Å². The van der Waals surface area contributed by atoms with E-state index in [-0.39, 0.29) is 12.3 Å². The summed E-state index contributed by atoms with van der Waals surface area (Å²) in [5, 5.41) is 5.19. The summed E-state index contributed by atoms with van der Waals surface area (Å²) in [4.78, 5) is 11.6. The van der Waals surface area contributed by atoms with E-state index in [4.69, 9.17) is 4.42 Å². The highest BCUT2D eigenvalue weighted by Crippen LogP contribution is 2.25. The Morgan fingerprint density at radius 2 is 2.14 bits per heavy atom. The molecule has 1 aromatic rings. The summed E-state index contributed by atoms with van der Waals surface area (Å²) < 4.78 is 31.2. The third-order valence-corrected chi connectivity index (χ3v) is 5.23. The van der Waals surface area contributed by atoms with Gasteiger partial charge in [0.25, 0.3) is 0 Å². The van der Waals surface area contributed by atoms with Crippen LogP contribution < -0.4 is 15.4 Å². The topological polar surface area (TPSA) is 100 Å². The Kier molecular flexibility index (Phi) is 5.84. The van der Waals surface area contributed by atoms with E-state index >= 15 is 0 Å². The predicted octanol–water partition coefficient (Wildman–Crippen LogP) is 1.11. The molecule has 0 aliphatic heterocycles. The number of sulfonamides is 1. The molecule has 2 amide bonds. The van der Waals surface area contributed by atoms with Gasteiger partial charge in [-0.05, 0) is 31.7 Å². The Bertz CT molecular complexity index is 593. The van der Waals surface area contributed by atoms with Crippen LogP contribution in [0, 0.1) is 12.8 Å². The van der Waals surface area contributed by atoms with Crippen LogP contribution in [0.3, 0.4) is 0 Å². The molecule has 7 nitrogen and oxygen atoms in total. The molecule has 124 valence electrons. The highest BCUT2D eigenvalue weighted by Gasteiger charge is 2.20. The highest BCUT2D eigenvalue weighted by molar-refractivity contribution is 7.89. The van der Waals surface area contributed by atoms with Crippen molar-refractivity contribution in [1.82, 2.24) is 15.4 Å². The van der Waals surface area contributed by atoms with Crippen LogP contribution >= 0.6 is 0 Å². The van der Waals surface area contributed by atoms with E-state index in [2.05, 4.69) is 15.4 Å². The normalized spacial score (nSPS) is 15.3. The van der Waals surface area contributed by atoms with E-state index in [9.17, 15) is 13.2 Å². The van der Waals surface area contributed by atoms with E-state index in [0.29, 0.717) is 19.0 Å². The smallest absolute Gasteiger partial charge is 0.315 e. The molecule has 22 heavy (non-hydrogen) atoms. The number of aryl methyl sites for hydroxylation is 1. The quantitative estimate of drug-likeness (QED) is 0.665. The van der Waals surface area contributed by atoms with Crippen LogP contribution in [-0.2, 0) is 16.6 Å². The van der Waals surface area contributed by atoms with Crippen molar-refractivity contribution in [1.29, 1.82) is 0 Å². The first kappa shape index (κ1) is 16.8. The molecular formula is C14H23N3O4S. The highest BCUT2D eigenvalue weighted by atomic mass is 32.2. The zero-order valence-corrected chi connectivity index (χ0v) is 13.5. The molecule has 0 unspecified atom stereocenters. The van der Waals surface area contributed by atoms with Gasteiger partial charge in [-0.2, -0.15) is 0 Å². The molecule has 2 rings (SSSR count). The third-order valence-electron chi connectivity index (χ3n) is 3.88. The number of nitrogens with one attached hydrogen (secondary N) is 3. The molecular weight excluding hydrogens is 306 g/mol. The number of rotatable bonds is 8. The lowest BCUT2D eigenvalue weighted by molar-refractivity contribution is 0.241. The van der Waals surface area contributed by atoms with Gasteiger partial charge < -0.3 is 15.1 Å². The summed E-state index contributed by atoms with van der Waals surface area (Å²) in [6, 6.07) is 1.39. The van der Waals surface area contributed by atoms with Gasteiger partial charge in [-0.3, -0.25) is 0 Å². The molecule has 1 heterocycles. The van der Waals surface area contributed by atoms with Gasteiger partial charge in [0.1, 0.15) is 5.76 Å². The average molecular weight is 329 g/mol. The number of carbonyl (C=O) groups excluding carboxylic acids is 1. The SMILES string of the molecule is Cc1occc1CNC(=O)NCCS(=O)(=O)NCC1CCC1. The molecule has 1 aliphatic carbocycles. The molecule has 1 saturated carbocycles. The van der Waals surface area contributed by atoms with Gasteiger partial charge in [-0.25, -0.2) is 17.9 Å². The van der Waals surface area contributed by atoms with Crippen molar-refractivity contribution in [2.45, 2.75) is 32.7 Å². The lowest BCUT2D eigenvalue weighted by Gasteiger charge is -2.25. The van der Waals surface area contributed by atoms with Gasteiger partial charge in [-0.1, -0.05) is 6.42 Å². The molecule has 0 bridgehead atoms. The molecule has 0 radical (unpaired) electrons. The molecule has 1 aliphatic rings. The maximum Gasteiger partial charge on any atom is 0.315 e. The van der Waals surface area contributed by atoms with Crippen molar-refractivity contribution in [2.24, 2.45) is 5.92 Å². The monoisotopic (exact) mass is 329 g/mol. The van der Waals surface area contributed by atoms with Crippen LogP contribution in [0.15, 0.2) is 16.7 Å². The number of furan rings is 1. The fraction of sp³-hybridized carbons (Fsp3) is 0.643.